The Morgan fingerprint density at radius 2 is 1.50 bits per heavy atom. The topological polar surface area (TPSA) is 143 Å². The summed E-state index contributed by atoms with van der Waals surface area (Å²) in [5.74, 6) is 4.24. The third-order valence-corrected chi connectivity index (χ3v) is 14.0. The Morgan fingerprint density at radius 3 is 2.13 bits per heavy atom. The number of ether oxygens (including phenoxy) is 1. The van der Waals surface area contributed by atoms with Crippen molar-refractivity contribution in [2.75, 3.05) is 32.7 Å². The number of carbonyl (C=O) groups is 4. The van der Waals surface area contributed by atoms with Gasteiger partial charge in [-0.25, -0.2) is 4.79 Å². The van der Waals surface area contributed by atoms with Crippen LogP contribution in [0.2, 0.25) is 0 Å². The minimum Gasteiger partial charge on any atom is -0.444 e. The van der Waals surface area contributed by atoms with Crippen LogP contribution in [0, 0.1) is 46.3 Å². The van der Waals surface area contributed by atoms with Gasteiger partial charge in [-0.05, 0) is 125 Å². The molecule has 0 radical (unpaired) electrons. The van der Waals surface area contributed by atoms with Gasteiger partial charge in [-0.3, -0.25) is 14.4 Å². The molecule has 3 fully saturated rings. The van der Waals surface area contributed by atoms with Gasteiger partial charge in [0, 0.05) is 58.0 Å². The maximum absolute atomic E-state index is 13.7. The lowest BCUT2D eigenvalue weighted by Gasteiger charge is -2.59. The van der Waals surface area contributed by atoms with Gasteiger partial charge in [0.15, 0.2) is 0 Å². The van der Waals surface area contributed by atoms with Gasteiger partial charge in [0.05, 0.1) is 0 Å². The Morgan fingerprint density at radius 1 is 0.852 bits per heavy atom. The minimum atomic E-state index is -0.593. The van der Waals surface area contributed by atoms with Crippen LogP contribution in [-0.4, -0.2) is 73.1 Å². The lowest BCUT2D eigenvalue weighted by Crippen LogP contribution is -2.53. The van der Waals surface area contributed by atoms with E-state index in [-0.39, 0.29) is 74.2 Å². The van der Waals surface area contributed by atoms with Crippen LogP contribution >= 0.6 is 0 Å². The fourth-order valence-corrected chi connectivity index (χ4v) is 11.2. The Kier molecular flexibility index (Phi) is 15.9. The number of allylic oxidation sites excluding steroid dienone is 1. The van der Waals surface area contributed by atoms with Crippen molar-refractivity contribution in [1.29, 1.82) is 0 Å². The molecule has 8 atom stereocenters. The molecule has 4 amide bonds. The van der Waals surface area contributed by atoms with Gasteiger partial charge < -0.3 is 31.3 Å². The van der Waals surface area contributed by atoms with E-state index in [0.717, 1.165) is 54.8 Å². The molecule has 0 aromatic rings. The fourth-order valence-electron chi connectivity index (χ4n) is 11.2. The molecular weight excluding hydrogens is 679 g/mol. The SMILES string of the molecule is CC(C)CCC[C@@H](C)C1CCC2C3CC=C4C[C@@H](N(CCCNC(=O)CCNC(=O)CCNC(=O)CCN)C(=O)OC(C)(C)C)CCC4(C)C3CCC21C. The molecule has 0 aromatic heterocycles. The van der Waals surface area contributed by atoms with Gasteiger partial charge in [-0.15, -0.1) is 0 Å². The second-order valence-electron chi connectivity index (χ2n) is 19.3. The highest BCUT2D eigenvalue weighted by molar-refractivity contribution is 5.80. The van der Waals surface area contributed by atoms with Gasteiger partial charge in [-0.1, -0.05) is 65.5 Å². The summed E-state index contributed by atoms with van der Waals surface area (Å²) in [6, 6.07) is 0.0816. The molecule has 5 N–H and O–H groups in total. The second-order valence-corrected chi connectivity index (χ2v) is 19.3. The van der Waals surface area contributed by atoms with Gasteiger partial charge in [0.2, 0.25) is 17.7 Å². The molecule has 6 unspecified atom stereocenters. The molecule has 10 nitrogen and oxygen atoms in total. The van der Waals surface area contributed by atoms with E-state index in [1.54, 1.807) is 5.57 Å². The van der Waals surface area contributed by atoms with E-state index in [4.69, 9.17) is 10.5 Å². The Hall–Kier alpha value is -2.62. The number of hydrogen-bond acceptors (Lipinski definition) is 6. The van der Waals surface area contributed by atoms with Crippen LogP contribution in [0.3, 0.4) is 0 Å². The monoisotopic (exact) mass is 756 g/mol. The minimum absolute atomic E-state index is 0.0816. The summed E-state index contributed by atoms with van der Waals surface area (Å²) >= 11 is 0. The van der Waals surface area contributed by atoms with E-state index in [1.165, 1.54) is 51.4 Å². The van der Waals surface area contributed by atoms with E-state index < -0.39 is 5.60 Å². The van der Waals surface area contributed by atoms with Crippen LogP contribution in [0.15, 0.2) is 11.6 Å². The highest BCUT2D eigenvalue weighted by Crippen LogP contribution is 2.67. The number of hydrogen-bond donors (Lipinski definition) is 4. The molecule has 0 aliphatic heterocycles. The van der Waals surface area contributed by atoms with E-state index >= 15 is 0 Å². The van der Waals surface area contributed by atoms with E-state index in [9.17, 15) is 19.2 Å². The predicted octanol–water partition coefficient (Wildman–Crippen LogP) is 7.50. The molecule has 0 saturated heterocycles. The molecule has 4 rings (SSSR count). The molecule has 10 heteroatoms. The Labute approximate surface area is 327 Å². The summed E-state index contributed by atoms with van der Waals surface area (Å²) < 4.78 is 5.94. The molecule has 0 bridgehead atoms. The van der Waals surface area contributed by atoms with Crippen LogP contribution in [0.4, 0.5) is 4.79 Å². The van der Waals surface area contributed by atoms with Crippen molar-refractivity contribution in [3.63, 3.8) is 0 Å². The van der Waals surface area contributed by atoms with Crippen LogP contribution in [0.25, 0.3) is 0 Å². The smallest absolute Gasteiger partial charge is 0.410 e. The van der Waals surface area contributed by atoms with Crippen LogP contribution in [0.5, 0.6) is 0 Å². The Balaban J connectivity index is 1.30. The standard InChI is InChI=1S/C44H77N5O5/c1-30(2)11-9-12-31(3)35-15-16-36-34-14-13-32-29-33(17-22-43(32,7)37(34)18-23-44(35,36)8)49(41(53)54-42(4,5)6)28-10-25-46-39(51)20-27-48-40(52)21-26-47-38(50)19-24-45/h13,30-31,33-37H,9-12,14-29,45H2,1-8H3,(H,46,51)(H,47,50)(H,48,52)/t31-,33+,34?,35?,36?,37?,43?,44?/m1/s1. The molecule has 4 aliphatic rings. The highest BCUT2D eigenvalue weighted by atomic mass is 16.6. The highest BCUT2D eigenvalue weighted by Gasteiger charge is 2.59. The molecule has 0 aromatic carbocycles. The predicted molar refractivity (Wildman–Crippen MR) is 216 cm³/mol. The number of nitrogens with zero attached hydrogens (tertiary/aromatic N) is 1. The summed E-state index contributed by atoms with van der Waals surface area (Å²) in [5.41, 5.74) is 6.99. The van der Waals surface area contributed by atoms with E-state index in [1.807, 2.05) is 25.7 Å². The summed E-state index contributed by atoms with van der Waals surface area (Å²) in [5, 5.41) is 8.33. The van der Waals surface area contributed by atoms with Gasteiger partial charge in [0.1, 0.15) is 5.60 Å². The average Bonchev–Trinajstić information content (AvgIpc) is 3.44. The van der Waals surface area contributed by atoms with Crippen molar-refractivity contribution in [3.05, 3.63) is 11.6 Å². The zero-order chi connectivity index (χ0) is 39.7. The van der Waals surface area contributed by atoms with Gasteiger partial charge in [0.25, 0.3) is 0 Å². The normalized spacial score (nSPS) is 29.6. The van der Waals surface area contributed by atoms with Crippen molar-refractivity contribution in [2.45, 2.75) is 163 Å². The molecule has 308 valence electrons. The average molecular weight is 756 g/mol. The number of nitrogens with two attached hydrogens (primary N) is 1. The second kappa shape index (κ2) is 19.5. The van der Waals surface area contributed by atoms with Crippen LogP contribution in [0.1, 0.15) is 152 Å². The van der Waals surface area contributed by atoms with Gasteiger partial charge >= 0.3 is 6.09 Å². The molecular formula is C44H77N5O5. The number of fused-ring (bicyclic) bond motifs is 5. The Bertz CT molecular complexity index is 1310. The molecule has 54 heavy (non-hydrogen) atoms. The van der Waals surface area contributed by atoms with Crippen molar-refractivity contribution < 1.29 is 23.9 Å². The van der Waals surface area contributed by atoms with Crippen molar-refractivity contribution in [1.82, 2.24) is 20.9 Å². The van der Waals surface area contributed by atoms with E-state index in [0.29, 0.717) is 24.9 Å². The first-order valence-electron chi connectivity index (χ1n) is 21.7. The summed E-state index contributed by atoms with van der Waals surface area (Å²) in [4.78, 5) is 51.7. The van der Waals surface area contributed by atoms with Crippen molar-refractivity contribution in [2.24, 2.45) is 52.1 Å². The number of carbonyl (C=O) groups excluding carboxylic acids is 4. The molecule has 0 spiro atoms. The maximum atomic E-state index is 13.7. The lowest BCUT2D eigenvalue weighted by atomic mass is 9.46. The summed E-state index contributed by atoms with van der Waals surface area (Å²) in [6.45, 7) is 19.9. The zero-order valence-electron chi connectivity index (χ0n) is 35.3. The van der Waals surface area contributed by atoms with Crippen molar-refractivity contribution >= 4 is 23.8 Å². The van der Waals surface area contributed by atoms with Crippen LogP contribution in [-0.2, 0) is 19.1 Å². The van der Waals surface area contributed by atoms with Crippen LogP contribution < -0.4 is 21.7 Å². The third-order valence-electron chi connectivity index (χ3n) is 14.0. The molecule has 4 aliphatic carbocycles. The van der Waals surface area contributed by atoms with E-state index in [2.05, 4.69) is 56.6 Å². The fraction of sp³-hybridized carbons (Fsp3) is 0.864. The first-order chi connectivity index (χ1) is 25.5. The lowest BCUT2D eigenvalue weighted by molar-refractivity contribution is -0.122. The number of amides is 4. The van der Waals surface area contributed by atoms with Gasteiger partial charge in [-0.2, -0.15) is 0 Å². The van der Waals surface area contributed by atoms with Crippen molar-refractivity contribution in [3.8, 4) is 0 Å². The zero-order valence-corrected chi connectivity index (χ0v) is 35.3. The first-order valence-corrected chi connectivity index (χ1v) is 21.7. The third kappa shape index (κ3) is 11.5. The number of rotatable bonds is 18. The maximum Gasteiger partial charge on any atom is 0.410 e. The quantitative estimate of drug-likeness (QED) is 0.0843. The molecule has 0 heterocycles. The molecule has 3 saturated carbocycles. The first kappa shape index (κ1) is 44.1. The largest absolute Gasteiger partial charge is 0.444 e. The summed E-state index contributed by atoms with van der Waals surface area (Å²) in [7, 11) is 0. The number of nitrogens with one attached hydrogen (secondary N) is 3. The summed E-state index contributed by atoms with van der Waals surface area (Å²) in [6.07, 6.45) is 17.2.